The lowest BCUT2D eigenvalue weighted by molar-refractivity contribution is 0.474. The first kappa shape index (κ1) is 25.7. The smallest absolute Gasteiger partial charge is 0.231 e. The zero-order valence-electron chi connectivity index (χ0n) is 23.8. The summed E-state index contributed by atoms with van der Waals surface area (Å²) in [5, 5.41) is 11.6. The highest BCUT2D eigenvalue weighted by molar-refractivity contribution is 5.97. The number of aryl methyl sites for hydroxylation is 1. The predicted molar refractivity (Wildman–Crippen MR) is 171 cm³/mol. The fourth-order valence-electron chi connectivity index (χ4n) is 5.82. The highest BCUT2D eigenvalue weighted by atomic mass is 16.3. The first-order valence-corrected chi connectivity index (χ1v) is 14.1. The van der Waals surface area contributed by atoms with Gasteiger partial charge in [-0.25, -0.2) is 4.98 Å². The molecule has 0 bridgehead atoms. The van der Waals surface area contributed by atoms with Crippen molar-refractivity contribution < 1.29 is 9.52 Å². The van der Waals surface area contributed by atoms with Crippen molar-refractivity contribution in [3.05, 3.63) is 138 Å². The SMILES string of the molecule is Cc1cc(-c2cc(-c3cccc4cccnc34)cc(C(C)(C)c3ccccc3)c2)c2nc(-c3ccccc3O)oc2c1. The van der Waals surface area contributed by atoms with Crippen LogP contribution in [0.25, 0.3) is 55.7 Å². The Kier molecular flexibility index (Phi) is 6.13. The zero-order valence-corrected chi connectivity index (χ0v) is 23.8. The summed E-state index contributed by atoms with van der Waals surface area (Å²) in [6.45, 7) is 6.61. The molecule has 2 aromatic heterocycles. The Morgan fingerprint density at radius 1 is 0.643 bits per heavy atom. The van der Waals surface area contributed by atoms with Gasteiger partial charge in [-0.1, -0.05) is 92.7 Å². The fraction of sp³-hybridized carbons (Fsp3) is 0.105. The summed E-state index contributed by atoms with van der Waals surface area (Å²) in [4.78, 5) is 9.69. The molecule has 0 radical (unpaired) electrons. The molecule has 4 heteroatoms. The van der Waals surface area contributed by atoms with Crippen LogP contribution in [0.1, 0.15) is 30.5 Å². The summed E-state index contributed by atoms with van der Waals surface area (Å²) >= 11 is 0. The van der Waals surface area contributed by atoms with Crippen LogP contribution >= 0.6 is 0 Å². The van der Waals surface area contributed by atoms with Crippen LogP contribution in [0.5, 0.6) is 5.75 Å². The van der Waals surface area contributed by atoms with Gasteiger partial charge in [0.1, 0.15) is 11.3 Å². The maximum absolute atomic E-state index is 10.5. The van der Waals surface area contributed by atoms with Gasteiger partial charge in [0.05, 0.1) is 11.1 Å². The van der Waals surface area contributed by atoms with Gasteiger partial charge in [-0.05, 0) is 71.1 Å². The third kappa shape index (κ3) is 4.42. The minimum absolute atomic E-state index is 0.139. The number of rotatable bonds is 5. The number of phenolic OH excluding ortho intramolecular Hbond substituents is 1. The monoisotopic (exact) mass is 546 g/mol. The van der Waals surface area contributed by atoms with Crippen LogP contribution in [-0.2, 0) is 5.41 Å². The molecule has 4 nitrogen and oxygen atoms in total. The van der Waals surface area contributed by atoms with Gasteiger partial charge in [-0.15, -0.1) is 0 Å². The van der Waals surface area contributed by atoms with Gasteiger partial charge in [0.2, 0.25) is 5.89 Å². The van der Waals surface area contributed by atoms with Crippen molar-refractivity contribution in [3.63, 3.8) is 0 Å². The Bertz CT molecular complexity index is 2090. The number of phenols is 1. The molecule has 7 rings (SSSR count). The first-order valence-electron chi connectivity index (χ1n) is 14.1. The van der Waals surface area contributed by atoms with E-state index < -0.39 is 0 Å². The van der Waals surface area contributed by atoms with E-state index in [-0.39, 0.29) is 11.2 Å². The summed E-state index contributed by atoms with van der Waals surface area (Å²) in [6, 6.07) is 39.1. The number of aromatic hydroxyl groups is 1. The number of oxazole rings is 1. The van der Waals surface area contributed by atoms with Gasteiger partial charge in [-0.3, -0.25) is 4.98 Å². The molecule has 5 aromatic carbocycles. The zero-order chi connectivity index (χ0) is 28.8. The summed E-state index contributed by atoms with van der Waals surface area (Å²) in [5.41, 5.74) is 10.4. The Balaban J connectivity index is 1.50. The quantitative estimate of drug-likeness (QED) is 0.233. The first-order chi connectivity index (χ1) is 20.4. The van der Waals surface area contributed by atoms with Crippen LogP contribution in [0.4, 0.5) is 0 Å². The second-order valence-corrected chi connectivity index (χ2v) is 11.4. The third-order valence-electron chi connectivity index (χ3n) is 8.18. The van der Waals surface area contributed by atoms with Crippen molar-refractivity contribution in [2.75, 3.05) is 0 Å². The van der Waals surface area contributed by atoms with Crippen LogP contribution in [0.3, 0.4) is 0 Å². The van der Waals surface area contributed by atoms with Gasteiger partial charge in [0.25, 0.3) is 0 Å². The normalized spacial score (nSPS) is 11.8. The van der Waals surface area contributed by atoms with E-state index >= 15 is 0 Å². The van der Waals surface area contributed by atoms with Gasteiger partial charge in [-0.2, -0.15) is 0 Å². The second-order valence-electron chi connectivity index (χ2n) is 11.4. The van der Waals surface area contributed by atoms with E-state index in [1.165, 1.54) is 11.1 Å². The van der Waals surface area contributed by atoms with Gasteiger partial charge < -0.3 is 9.52 Å². The average molecular weight is 547 g/mol. The summed E-state index contributed by atoms with van der Waals surface area (Å²) in [5.74, 6) is 0.536. The summed E-state index contributed by atoms with van der Waals surface area (Å²) in [6.07, 6.45) is 1.85. The van der Waals surface area contributed by atoms with Crippen LogP contribution < -0.4 is 0 Å². The maximum atomic E-state index is 10.5. The topological polar surface area (TPSA) is 59.2 Å². The molecule has 0 aliphatic rings. The van der Waals surface area contributed by atoms with Crippen LogP contribution in [-0.4, -0.2) is 15.1 Å². The van der Waals surface area contributed by atoms with Crippen LogP contribution in [0.2, 0.25) is 0 Å². The number of aromatic nitrogens is 2. The minimum atomic E-state index is -0.266. The molecule has 2 heterocycles. The van der Waals surface area contributed by atoms with Crippen LogP contribution in [0, 0.1) is 6.92 Å². The molecule has 0 saturated heterocycles. The van der Waals surface area contributed by atoms with Crippen molar-refractivity contribution in [1.82, 2.24) is 9.97 Å². The molecule has 0 aliphatic carbocycles. The van der Waals surface area contributed by atoms with E-state index in [0.29, 0.717) is 17.0 Å². The van der Waals surface area contributed by atoms with Gasteiger partial charge in [0, 0.05) is 28.1 Å². The lowest BCUT2D eigenvalue weighted by Crippen LogP contribution is -2.19. The van der Waals surface area contributed by atoms with Crippen molar-refractivity contribution >= 4 is 22.0 Å². The number of para-hydroxylation sites is 2. The van der Waals surface area contributed by atoms with E-state index in [1.54, 1.807) is 12.1 Å². The summed E-state index contributed by atoms with van der Waals surface area (Å²) in [7, 11) is 0. The molecule has 1 N–H and O–H groups in total. The van der Waals surface area contributed by atoms with Crippen molar-refractivity contribution in [1.29, 1.82) is 0 Å². The molecular weight excluding hydrogens is 516 g/mol. The highest BCUT2D eigenvalue weighted by Crippen LogP contribution is 2.41. The molecule has 0 saturated carbocycles. The van der Waals surface area contributed by atoms with Gasteiger partial charge >= 0.3 is 0 Å². The predicted octanol–water partition coefficient (Wildman–Crippen LogP) is 9.72. The molecule has 0 aliphatic heterocycles. The number of fused-ring (bicyclic) bond motifs is 2. The largest absolute Gasteiger partial charge is 0.507 e. The fourth-order valence-corrected chi connectivity index (χ4v) is 5.82. The standard InChI is InChI=1S/C38H30N2O2/c1-24-19-32(36-34(20-24)42-37(40-36)31-15-7-8-17-33(31)41)27-21-26(30-16-9-11-25-12-10-18-39-35(25)30)22-29(23-27)38(2,3)28-13-5-4-6-14-28/h4-23,41H,1-3H3. The number of hydrogen-bond donors (Lipinski definition) is 1. The second kappa shape index (κ2) is 10.0. The van der Waals surface area contributed by atoms with Crippen molar-refractivity contribution in [2.45, 2.75) is 26.2 Å². The number of nitrogens with zero attached hydrogens (tertiary/aromatic N) is 2. The Hall–Kier alpha value is -5.22. The Morgan fingerprint density at radius 2 is 1.36 bits per heavy atom. The lowest BCUT2D eigenvalue weighted by Gasteiger charge is -2.28. The summed E-state index contributed by atoms with van der Waals surface area (Å²) < 4.78 is 6.24. The number of hydrogen-bond acceptors (Lipinski definition) is 4. The molecule has 42 heavy (non-hydrogen) atoms. The van der Waals surface area contributed by atoms with Crippen molar-refractivity contribution in [3.8, 4) is 39.5 Å². The Labute approximate surface area is 245 Å². The van der Waals surface area contributed by atoms with E-state index in [0.717, 1.165) is 44.2 Å². The Morgan fingerprint density at radius 3 is 2.17 bits per heavy atom. The van der Waals surface area contributed by atoms with E-state index in [4.69, 9.17) is 14.4 Å². The number of pyridine rings is 1. The average Bonchev–Trinajstić information content (AvgIpc) is 3.44. The van der Waals surface area contributed by atoms with E-state index in [9.17, 15) is 5.11 Å². The molecule has 7 aromatic rings. The maximum Gasteiger partial charge on any atom is 0.231 e. The molecule has 204 valence electrons. The van der Waals surface area contributed by atoms with Crippen molar-refractivity contribution in [2.24, 2.45) is 0 Å². The highest BCUT2D eigenvalue weighted by Gasteiger charge is 2.25. The van der Waals surface area contributed by atoms with E-state index in [2.05, 4.69) is 99.6 Å². The molecular formula is C38H30N2O2. The molecule has 0 unspecified atom stereocenters. The molecule has 0 fully saturated rings. The molecule has 0 amide bonds. The number of benzene rings is 5. The molecule has 0 spiro atoms. The van der Waals surface area contributed by atoms with E-state index in [1.807, 2.05) is 30.5 Å². The minimum Gasteiger partial charge on any atom is -0.507 e. The lowest BCUT2D eigenvalue weighted by atomic mass is 9.76. The van der Waals surface area contributed by atoms with Gasteiger partial charge in [0.15, 0.2) is 5.58 Å². The van der Waals surface area contributed by atoms with Crippen LogP contribution in [0.15, 0.2) is 126 Å². The third-order valence-corrected chi connectivity index (χ3v) is 8.18. The molecule has 0 atom stereocenters.